The first-order chi connectivity index (χ1) is 17.5. The van der Waals surface area contributed by atoms with E-state index in [1.54, 1.807) is 6.07 Å². The molecule has 0 aliphatic carbocycles. The van der Waals surface area contributed by atoms with Crippen molar-refractivity contribution in [1.29, 1.82) is 0 Å². The zero-order chi connectivity index (χ0) is 25.1. The third-order valence-corrected chi connectivity index (χ3v) is 7.29. The average molecular weight is 531 g/mol. The number of likely N-dealkylation sites (tertiary alicyclic amines) is 1. The molecule has 2 aliphatic heterocycles. The lowest BCUT2D eigenvalue weighted by Crippen LogP contribution is -2.46. The number of halogens is 1. The quantitative estimate of drug-likeness (QED) is 0.455. The summed E-state index contributed by atoms with van der Waals surface area (Å²) in [6, 6.07) is 3.93. The molecule has 0 aromatic carbocycles. The highest BCUT2D eigenvalue weighted by molar-refractivity contribution is 7.17. The number of piperidine rings is 1. The molecule has 0 unspecified atom stereocenters. The third kappa shape index (κ3) is 5.59. The van der Waals surface area contributed by atoms with Crippen LogP contribution in [0, 0.1) is 6.92 Å². The minimum atomic E-state index is -0.375. The molecular weight excluding hydrogens is 504 g/mol. The molecule has 2 atom stereocenters. The molecule has 3 aromatic heterocycles. The van der Waals surface area contributed by atoms with Gasteiger partial charge in [-0.15, -0.1) is 5.10 Å². The van der Waals surface area contributed by atoms with Gasteiger partial charge in [0.1, 0.15) is 17.0 Å². The second kappa shape index (κ2) is 11.0. The zero-order valence-electron chi connectivity index (χ0n) is 20.1. The maximum Gasteiger partial charge on any atom is 0.296 e. The van der Waals surface area contributed by atoms with E-state index in [-0.39, 0.29) is 12.0 Å². The highest BCUT2D eigenvalue weighted by atomic mass is 35.5. The first-order valence-corrected chi connectivity index (χ1v) is 13.0. The van der Waals surface area contributed by atoms with Gasteiger partial charge in [0.05, 0.1) is 25.5 Å². The van der Waals surface area contributed by atoms with Crippen molar-refractivity contribution < 1.29 is 19.0 Å². The number of nitrogens with zero attached hydrogens (tertiary/aromatic N) is 5. The van der Waals surface area contributed by atoms with Crippen LogP contribution in [0.2, 0.25) is 5.15 Å². The van der Waals surface area contributed by atoms with Crippen LogP contribution < -0.4 is 14.8 Å². The summed E-state index contributed by atoms with van der Waals surface area (Å²) in [5.41, 5.74) is 2.36. The number of hydrogen-bond donors (Lipinski definition) is 1. The van der Waals surface area contributed by atoms with Gasteiger partial charge in [-0.3, -0.25) is 20.0 Å². The lowest BCUT2D eigenvalue weighted by molar-refractivity contribution is 0.0551. The summed E-state index contributed by atoms with van der Waals surface area (Å²) >= 11 is 7.33. The van der Waals surface area contributed by atoms with Crippen LogP contribution in [0.5, 0.6) is 10.9 Å². The Bertz CT molecular complexity index is 1240. The Hall–Kier alpha value is -2.86. The maximum atomic E-state index is 13.2. The number of aromatic nitrogens is 4. The van der Waals surface area contributed by atoms with Crippen LogP contribution in [0.3, 0.4) is 0 Å². The van der Waals surface area contributed by atoms with E-state index < -0.39 is 0 Å². The van der Waals surface area contributed by atoms with E-state index in [1.165, 1.54) is 30.8 Å². The smallest absolute Gasteiger partial charge is 0.296 e. The molecule has 2 saturated heterocycles. The molecular formula is C24H27ClN6O4S. The van der Waals surface area contributed by atoms with E-state index in [1.807, 2.05) is 13.0 Å². The Kier molecular flexibility index (Phi) is 7.61. The Balaban J connectivity index is 1.29. The van der Waals surface area contributed by atoms with Crippen LogP contribution >= 0.6 is 22.9 Å². The molecule has 0 spiro atoms. The molecule has 5 heterocycles. The summed E-state index contributed by atoms with van der Waals surface area (Å²) < 4.78 is 17.1. The largest absolute Gasteiger partial charge is 0.494 e. The number of amides is 1. The van der Waals surface area contributed by atoms with Gasteiger partial charge in [0.2, 0.25) is 5.13 Å². The Morgan fingerprint density at radius 3 is 2.92 bits per heavy atom. The fourth-order valence-corrected chi connectivity index (χ4v) is 5.39. The van der Waals surface area contributed by atoms with Crippen molar-refractivity contribution in [3.8, 4) is 22.1 Å². The van der Waals surface area contributed by atoms with Gasteiger partial charge in [-0.25, -0.2) is 4.98 Å². The number of methoxy groups -OCH3 is 1. The molecule has 10 nitrogen and oxygen atoms in total. The van der Waals surface area contributed by atoms with Crippen LogP contribution in [0.1, 0.15) is 35.3 Å². The van der Waals surface area contributed by atoms with E-state index in [2.05, 4.69) is 30.4 Å². The van der Waals surface area contributed by atoms with Gasteiger partial charge in [-0.1, -0.05) is 16.7 Å². The Morgan fingerprint density at radius 2 is 2.11 bits per heavy atom. The lowest BCUT2D eigenvalue weighted by Gasteiger charge is -2.35. The number of anilines is 1. The monoisotopic (exact) mass is 530 g/mol. The molecule has 0 bridgehead atoms. The van der Waals surface area contributed by atoms with Gasteiger partial charge >= 0.3 is 0 Å². The molecule has 12 heteroatoms. The van der Waals surface area contributed by atoms with Crippen LogP contribution in [-0.2, 0) is 4.74 Å². The van der Waals surface area contributed by atoms with Crippen molar-refractivity contribution in [3.05, 3.63) is 40.9 Å². The summed E-state index contributed by atoms with van der Waals surface area (Å²) in [6.07, 6.45) is 6.17. The number of pyridine rings is 2. The number of hydrogen-bond acceptors (Lipinski definition) is 10. The maximum absolute atomic E-state index is 13.2. The zero-order valence-corrected chi connectivity index (χ0v) is 21.6. The van der Waals surface area contributed by atoms with E-state index in [0.29, 0.717) is 44.0 Å². The molecule has 0 saturated carbocycles. The number of nitrogens with one attached hydrogen (secondary N) is 1. The molecule has 2 aliphatic rings. The third-order valence-electron chi connectivity index (χ3n) is 6.36. The molecule has 190 valence electrons. The summed E-state index contributed by atoms with van der Waals surface area (Å²) in [6.45, 7) is 5.36. The summed E-state index contributed by atoms with van der Waals surface area (Å²) in [4.78, 5) is 24.0. The summed E-state index contributed by atoms with van der Waals surface area (Å²) in [7, 11) is 1.54. The SMILES string of the molecule is COc1cnc(Cl)cc1-c1cc(C)ncc1C(=O)Nc1nnc(O[C@@H]2CCCN([C@@H]3CCOC3)C2)s1. The summed E-state index contributed by atoms with van der Waals surface area (Å²) in [5, 5.41) is 12.1. The first kappa shape index (κ1) is 24.8. The average Bonchev–Trinajstić information content (AvgIpc) is 3.57. The minimum absolute atomic E-state index is 0.0349. The second-order valence-electron chi connectivity index (χ2n) is 8.80. The number of ether oxygens (including phenoxy) is 3. The van der Waals surface area contributed by atoms with E-state index >= 15 is 0 Å². The van der Waals surface area contributed by atoms with Crippen LogP contribution in [-0.4, -0.2) is 76.5 Å². The molecule has 36 heavy (non-hydrogen) atoms. The summed E-state index contributed by atoms with van der Waals surface area (Å²) in [5.74, 6) is 0.122. The van der Waals surface area contributed by atoms with E-state index in [9.17, 15) is 4.79 Å². The lowest BCUT2D eigenvalue weighted by atomic mass is 10.0. The number of carbonyl (C=O) groups excluding carboxylic acids is 1. The van der Waals surface area contributed by atoms with E-state index in [0.717, 1.165) is 51.3 Å². The molecule has 1 amide bonds. The normalized spacial score (nSPS) is 20.3. The molecule has 0 radical (unpaired) electrons. The second-order valence-corrected chi connectivity index (χ2v) is 10.1. The fourth-order valence-electron chi connectivity index (χ4n) is 4.57. The van der Waals surface area contributed by atoms with Gasteiger partial charge in [-0.05, 0) is 56.2 Å². The van der Waals surface area contributed by atoms with Crippen molar-refractivity contribution in [2.24, 2.45) is 0 Å². The number of carbonyl (C=O) groups is 1. The van der Waals surface area contributed by atoms with Crippen molar-refractivity contribution in [1.82, 2.24) is 25.1 Å². The Labute approximate surface area is 218 Å². The van der Waals surface area contributed by atoms with Crippen molar-refractivity contribution in [3.63, 3.8) is 0 Å². The fraction of sp³-hybridized carbons (Fsp3) is 0.458. The van der Waals surface area contributed by atoms with Crippen LogP contribution in [0.15, 0.2) is 24.5 Å². The predicted molar refractivity (Wildman–Crippen MR) is 136 cm³/mol. The van der Waals surface area contributed by atoms with Gasteiger partial charge in [0, 0.05) is 42.2 Å². The van der Waals surface area contributed by atoms with Crippen LogP contribution in [0.25, 0.3) is 11.1 Å². The van der Waals surface area contributed by atoms with Crippen molar-refractivity contribution in [2.45, 2.75) is 38.3 Å². The molecule has 1 N–H and O–H groups in total. The van der Waals surface area contributed by atoms with Gasteiger partial charge in [0.25, 0.3) is 11.1 Å². The van der Waals surface area contributed by atoms with Crippen molar-refractivity contribution in [2.75, 3.05) is 38.7 Å². The molecule has 3 aromatic rings. The Morgan fingerprint density at radius 1 is 1.22 bits per heavy atom. The van der Waals surface area contributed by atoms with Gasteiger partial charge in [0.15, 0.2) is 0 Å². The van der Waals surface area contributed by atoms with E-state index in [4.69, 9.17) is 25.8 Å². The predicted octanol–water partition coefficient (Wildman–Crippen LogP) is 3.85. The van der Waals surface area contributed by atoms with Gasteiger partial charge in [-0.2, -0.15) is 0 Å². The topological polar surface area (TPSA) is 112 Å². The first-order valence-electron chi connectivity index (χ1n) is 11.8. The minimum Gasteiger partial charge on any atom is -0.494 e. The number of aryl methyl sites for hydroxylation is 1. The number of rotatable bonds is 7. The standard InChI is InChI=1S/C24H27ClN6O4S/c1-14-8-17(18-9-21(25)27-11-20(18)33-2)19(10-26-14)22(32)28-23-29-30-24(36-23)35-16-4-3-6-31(12-16)15-5-7-34-13-15/h8-11,15-16H,3-7,12-13H2,1-2H3,(H,28,29,32)/t15-,16-/m1/s1. The highest BCUT2D eigenvalue weighted by Crippen LogP contribution is 2.34. The van der Waals surface area contributed by atoms with Gasteiger partial charge < -0.3 is 14.2 Å². The van der Waals surface area contributed by atoms with Crippen LogP contribution in [0.4, 0.5) is 5.13 Å². The molecule has 2 fully saturated rings. The van der Waals surface area contributed by atoms with Crippen molar-refractivity contribution >= 4 is 34.0 Å². The highest BCUT2D eigenvalue weighted by Gasteiger charge is 2.30. The molecule has 5 rings (SSSR count).